The first-order valence-electron chi connectivity index (χ1n) is 9.17. The maximum Gasteiger partial charge on any atom is 0.247 e. The largest absolute Gasteiger partial charge is 0.419 e. The predicted octanol–water partition coefficient (Wildman–Crippen LogP) is 4.74. The number of benzene rings is 1. The molecule has 0 bridgehead atoms. The third-order valence-corrected chi connectivity index (χ3v) is 5.40. The van der Waals surface area contributed by atoms with E-state index in [1.54, 1.807) is 12.4 Å². The average molecular weight is 404 g/mol. The summed E-state index contributed by atoms with van der Waals surface area (Å²) in [5.74, 6) is 1.83. The molecule has 0 aliphatic heterocycles. The van der Waals surface area contributed by atoms with Crippen molar-refractivity contribution in [1.82, 2.24) is 29.9 Å². The van der Waals surface area contributed by atoms with Gasteiger partial charge in [-0.2, -0.15) is 0 Å². The lowest BCUT2D eigenvalue weighted by molar-refractivity contribution is 0.508. The van der Waals surface area contributed by atoms with Crippen LogP contribution in [0.15, 0.2) is 71.0 Å². The monoisotopic (exact) mass is 404 g/mol. The Morgan fingerprint density at radius 2 is 1.79 bits per heavy atom. The van der Waals surface area contributed by atoms with Gasteiger partial charge in [-0.05, 0) is 38.1 Å². The highest BCUT2D eigenvalue weighted by molar-refractivity contribution is 7.99. The van der Waals surface area contributed by atoms with Gasteiger partial charge in [-0.15, -0.1) is 27.0 Å². The lowest BCUT2D eigenvalue weighted by Crippen LogP contribution is -2.02. The summed E-state index contributed by atoms with van der Waals surface area (Å²) in [4.78, 5) is 4.06. The highest BCUT2D eigenvalue weighted by Gasteiger charge is 2.21. The molecule has 3 heterocycles. The van der Waals surface area contributed by atoms with E-state index in [0.717, 1.165) is 22.1 Å². The topological polar surface area (TPSA) is 82.5 Å². The molecule has 0 radical (unpaired) electrons. The summed E-state index contributed by atoms with van der Waals surface area (Å²) in [5, 5.41) is 17.8. The second kappa shape index (κ2) is 8.40. The summed E-state index contributed by atoms with van der Waals surface area (Å²) in [6.45, 7) is 8.50. The fraction of sp³-hybridized carbons (Fsp3) is 0.190. The zero-order valence-electron chi connectivity index (χ0n) is 16.2. The highest BCUT2D eigenvalue weighted by atomic mass is 32.2. The van der Waals surface area contributed by atoms with Crippen molar-refractivity contribution in [3.05, 3.63) is 72.9 Å². The molecule has 4 aromatic rings. The molecule has 0 N–H and O–H groups in total. The fourth-order valence-electron chi connectivity index (χ4n) is 2.80. The Morgan fingerprint density at radius 1 is 1.03 bits per heavy atom. The van der Waals surface area contributed by atoms with Gasteiger partial charge in [0.05, 0.1) is 5.25 Å². The zero-order chi connectivity index (χ0) is 20.2. The third-order valence-electron chi connectivity index (χ3n) is 4.34. The van der Waals surface area contributed by atoms with Crippen molar-refractivity contribution < 1.29 is 4.42 Å². The molecule has 0 unspecified atom stereocenters. The highest BCUT2D eigenvalue weighted by Crippen LogP contribution is 2.35. The smallest absolute Gasteiger partial charge is 0.247 e. The third kappa shape index (κ3) is 4.12. The number of rotatable bonds is 7. The van der Waals surface area contributed by atoms with E-state index in [-0.39, 0.29) is 5.25 Å². The van der Waals surface area contributed by atoms with Gasteiger partial charge < -0.3 is 4.42 Å². The van der Waals surface area contributed by atoms with E-state index in [1.165, 1.54) is 17.3 Å². The Bertz CT molecular complexity index is 1100. The van der Waals surface area contributed by atoms with Gasteiger partial charge in [0.25, 0.3) is 0 Å². The van der Waals surface area contributed by atoms with Crippen LogP contribution in [0.4, 0.5) is 0 Å². The SMILES string of the molecule is C=CCn1c(S[C@H](C)c2nnc(-c3ccc(C)cc3)o2)nnc1-c1ccncc1. The van der Waals surface area contributed by atoms with Crippen LogP contribution in [0, 0.1) is 6.92 Å². The maximum atomic E-state index is 5.91. The van der Waals surface area contributed by atoms with Crippen molar-refractivity contribution in [2.75, 3.05) is 0 Å². The Balaban J connectivity index is 1.57. The van der Waals surface area contributed by atoms with Gasteiger partial charge >= 0.3 is 0 Å². The molecule has 0 fully saturated rings. The van der Waals surface area contributed by atoms with Gasteiger partial charge in [0.2, 0.25) is 11.8 Å². The number of hydrogen-bond acceptors (Lipinski definition) is 7. The second-order valence-corrected chi connectivity index (χ2v) is 7.82. The zero-order valence-corrected chi connectivity index (χ0v) is 17.0. The first-order chi connectivity index (χ1) is 14.2. The minimum Gasteiger partial charge on any atom is -0.419 e. The molecule has 0 aliphatic carbocycles. The van der Waals surface area contributed by atoms with Gasteiger partial charge in [0.15, 0.2) is 11.0 Å². The number of hydrogen-bond donors (Lipinski definition) is 0. The predicted molar refractivity (Wildman–Crippen MR) is 112 cm³/mol. The normalized spacial score (nSPS) is 12.1. The molecule has 29 heavy (non-hydrogen) atoms. The van der Waals surface area contributed by atoms with Crippen LogP contribution >= 0.6 is 11.8 Å². The molecule has 4 rings (SSSR count). The number of pyridine rings is 1. The summed E-state index contributed by atoms with van der Waals surface area (Å²) in [5.41, 5.74) is 3.04. The van der Waals surface area contributed by atoms with E-state index >= 15 is 0 Å². The number of aryl methyl sites for hydroxylation is 1. The molecule has 0 amide bonds. The van der Waals surface area contributed by atoms with Gasteiger partial charge in [0, 0.05) is 30.1 Å². The molecule has 0 aliphatic rings. The van der Waals surface area contributed by atoms with Crippen molar-refractivity contribution in [3.63, 3.8) is 0 Å². The van der Waals surface area contributed by atoms with E-state index in [9.17, 15) is 0 Å². The molecule has 0 saturated heterocycles. The lowest BCUT2D eigenvalue weighted by Gasteiger charge is -2.09. The molecule has 0 spiro atoms. The standard InChI is InChI=1S/C21H20N6OS/c1-4-13-27-18(16-9-11-22-12-10-16)23-26-21(27)29-15(3)19-24-25-20(28-19)17-7-5-14(2)6-8-17/h4-12,15H,1,13H2,2-3H3/t15-/m1/s1. The van der Waals surface area contributed by atoms with Crippen molar-refractivity contribution in [2.45, 2.75) is 30.8 Å². The van der Waals surface area contributed by atoms with Gasteiger partial charge in [-0.1, -0.05) is 35.5 Å². The number of allylic oxidation sites excluding steroid dienone is 1. The van der Waals surface area contributed by atoms with Crippen molar-refractivity contribution in [1.29, 1.82) is 0 Å². The van der Waals surface area contributed by atoms with E-state index in [2.05, 4.69) is 32.0 Å². The van der Waals surface area contributed by atoms with Crippen LogP contribution in [0.1, 0.15) is 23.6 Å². The minimum atomic E-state index is -0.0836. The molecular formula is C21H20N6OS. The summed E-state index contributed by atoms with van der Waals surface area (Å²) in [6, 6.07) is 11.8. The second-order valence-electron chi connectivity index (χ2n) is 6.51. The first-order valence-corrected chi connectivity index (χ1v) is 10.0. The van der Waals surface area contributed by atoms with Crippen molar-refractivity contribution >= 4 is 11.8 Å². The molecule has 8 heteroatoms. The van der Waals surface area contributed by atoms with Crippen LogP contribution in [0.2, 0.25) is 0 Å². The molecule has 3 aromatic heterocycles. The fourth-order valence-corrected chi connectivity index (χ4v) is 3.69. The van der Waals surface area contributed by atoms with Crippen molar-refractivity contribution in [3.8, 4) is 22.8 Å². The summed E-state index contributed by atoms with van der Waals surface area (Å²) >= 11 is 1.52. The van der Waals surface area contributed by atoms with Crippen LogP contribution in [-0.2, 0) is 6.54 Å². The Hall–Kier alpha value is -3.26. The van der Waals surface area contributed by atoms with Gasteiger partial charge in [-0.3, -0.25) is 9.55 Å². The number of thioether (sulfide) groups is 1. The molecule has 1 aromatic carbocycles. The molecule has 146 valence electrons. The van der Waals surface area contributed by atoms with Crippen LogP contribution in [-0.4, -0.2) is 29.9 Å². The van der Waals surface area contributed by atoms with E-state index in [0.29, 0.717) is 18.3 Å². The Labute approximate surface area is 172 Å². The molecule has 1 atom stereocenters. The van der Waals surface area contributed by atoms with Gasteiger partial charge in [0.1, 0.15) is 0 Å². The number of nitrogens with zero attached hydrogens (tertiary/aromatic N) is 6. The van der Waals surface area contributed by atoms with Gasteiger partial charge in [-0.25, -0.2) is 0 Å². The van der Waals surface area contributed by atoms with Crippen molar-refractivity contribution in [2.24, 2.45) is 0 Å². The van der Waals surface area contributed by atoms with Crippen LogP contribution in [0.3, 0.4) is 0 Å². The number of aromatic nitrogens is 6. The summed E-state index contributed by atoms with van der Waals surface area (Å²) in [6.07, 6.45) is 5.30. The van der Waals surface area contributed by atoms with Crippen LogP contribution in [0.25, 0.3) is 22.8 Å². The molecular weight excluding hydrogens is 384 g/mol. The molecule has 0 saturated carbocycles. The Kier molecular flexibility index (Phi) is 5.53. The van der Waals surface area contributed by atoms with E-state index in [1.807, 2.05) is 60.9 Å². The van der Waals surface area contributed by atoms with E-state index in [4.69, 9.17) is 4.42 Å². The van der Waals surface area contributed by atoms with Crippen LogP contribution in [0.5, 0.6) is 0 Å². The summed E-state index contributed by atoms with van der Waals surface area (Å²) in [7, 11) is 0. The van der Waals surface area contributed by atoms with Crippen LogP contribution < -0.4 is 0 Å². The first kappa shape index (κ1) is 19.1. The quantitative estimate of drug-likeness (QED) is 0.325. The average Bonchev–Trinajstić information content (AvgIpc) is 3.38. The minimum absolute atomic E-state index is 0.0836. The Morgan fingerprint density at radius 3 is 2.52 bits per heavy atom. The lowest BCUT2D eigenvalue weighted by atomic mass is 10.1. The summed E-state index contributed by atoms with van der Waals surface area (Å²) < 4.78 is 7.92. The maximum absolute atomic E-state index is 5.91. The molecule has 7 nitrogen and oxygen atoms in total. The van der Waals surface area contributed by atoms with E-state index < -0.39 is 0 Å².